The summed E-state index contributed by atoms with van der Waals surface area (Å²) < 4.78 is 2.97. The van der Waals surface area contributed by atoms with Gasteiger partial charge in [-0.15, -0.1) is 22.7 Å². The largest absolute Gasteiger partial charge is 0.140 e. The van der Waals surface area contributed by atoms with Gasteiger partial charge < -0.3 is 0 Å². The number of fused-ring (bicyclic) bond motifs is 3. The summed E-state index contributed by atoms with van der Waals surface area (Å²) in [5.74, 6) is 0. The average Bonchev–Trinajstić information content (AvgIpc) is 2.99. The standard InChI is InChI=1S/C22H24S2/c1-9-15(7)23-21-13(5)18-12(4)20-10(2)16(8)24-22(20)14(6)17(18)11(3)19(9)21/h1-8H3. The van der Waals surface area contributed by atoms with Gasteiger partial charge in [0.05, 0.1) is 0 Å². The Kier molecular flexibility index (Phi) is 3.40. The van der Waals surface area contributed by atoms with E-state index in [1.54, 1.807) is 0 Å². The van der Waals surface area contributed by atoms with Gasteiger partial charge in [0.25, 0.3) is 0 Å². The number of hydrogen-bond acceptors (Lipinski definition) is 2. The average molecular weight is 353 g/mol. The Hall–Kier alpha value is -1.38. The molecule has 0 spiro atoms. The molecule has 124 valence electrons. The maximum Gasteiger partial charge on any atom is 0.0386 e. The molecular formula is C22H24S2. The second-order valence-corrected chi connectivity index (χ2v) is 9.67. The number of aryl methyl sites for hydroxylation is 8. The minimum absolute atomic E-state index is 1.45. The zero-order chi connectivity index (χ0) is 17.5. The normalized spacial score (nSPS) is 12.2. The fraction of sp³-hybridized carbons (Fsp3) is 0.364. The second kappa shape index (κ2) is 5.06. The molecule has 0 aliphatic rings. The van der Waals surface area contributed by atoms with Crippen LogP contribution in [-0.4, -0.2) is 0 Å². The van der Waals surface area contributed by atoms with Crippen LogP contribution in [0.4, 0.5) is 0 Å². The van der Waals surface area contributed by atoms with Gasteiger partial charge >= 0.3 is 0 Å². The molecule has 0 N–H and O–H groups in total. The Morgan fingerprint density at radius 1 is 0.375 bits per heavy atom. The zero-order valence-electron chi connectivity index (χ0n) is 15.8. The molecule has 24 heavy (non-hydrogen) atoms. The number of hydrogen-bond donors (Lipinski definition) is 0. The molecule has 2 heteroatoms. The van der Waals surface area contributed by atoms with Crippen molar-refractivity contribution in [2.75, 3.05) is 0 Å². The zero-order valence-corrected chi connectivity index (χ0v) is 17.4. The maximum atomic E-state index is 2.33. The third-order valence-electron chi connectivity index (χ3n) is 5.95. The molecule has 0 atom stereocenters. The van der Waals surface area contributed by atoms with E-state index in [2.05, 4.69) is 55.4 Å². The Balaban J connectivity index is 2.43. The van der Waals surface area contributed by atoms with Gasteiger partial charge in [-0.25, -0.2) is 0 Å². The first-order chi connectivity index (χ1) is 11.3. The van der Waals surface area contributed by atoms with Gasteiger partial charge in [-0.2, -0.15) is 0 Å². The van der Waals surface area contributed by atoms with Crippen LogP contribution in [-0.2, 0) is 0 Å². The SMILES string of the molecule is Cc1sc2c(C)c3c(C)c4c(C)c(C)sc4c(C)c3c(C)c2c1C. The molecule has 2 aromatic carbocycles. The summed E-state index contributed by atoms with van der Waals surface area (Å²) in [6.07, 6.45) is 0. The number of benzene rings is 2. The first-order valence-electron chi connectivity index (χ1n) is 8.57. The van der Waals surface area contributed by atoms with E-state index in [4.69, 9.17) is 0 Å². The third kappa shape index (κ3) is 1.79. The highest BCUT2D eigenvalue weighted by Crippen LogP contribution is 2.46. The molecule has 0 unspecified atom stereocenters. The minimum Gasteiger partial charge on any atom is -0.140 e. The van der Waals surface area contributed by atoms with E-state index in [1.807, 2.05) is 22.7 Å². The molecule has 0 amide bonds. The molecule has 2 heterocycles. The van der Waals surface area contributed by atoms with Crippen molar-refractivity contribution in [2.24, 2.45) is 0 Å². The molecule has 0 aliphatic carbocycles. The molecule has 4 rings (SSSR count). The fourth-order valence-corrected chi connectivity index (χ4v) is 6.92. The van der Waals surface area contributed by atoms with Gasteiger partial charge in [0, 0.05) is 19.2 Å². The third-order valence-corrected chi connectivity index (χ3v) is 8.61. The Bertz CT molecular complexity index is 1070. The lowest BCUT2D eigenvalue weighted by molar-refractivity contribution is 1.42. The van der Waals surface area contributed by atoms with Crippen molar-refractivity contribution in [3.63, 3.8) is 0 Å². The molecule has 4 aromatic rings. The Morgan fingerprint density at radius 3 is 1.04 bits per heavy atom. The van der Waals surface area contributed by atoms with Gasteiger partial charge in [0.2, 0.25) is 0 Å². The lowest BCUT2D eigenvalue weighted by Gasteiger charge is -2.16. The summed E-state index contributed by atoms with van der Waals surface area (Å²) in [5, 5.41) is 5.98. The topological polar surface area (TPSA) is 0 Å². The lowest BCUT2D eigenvalue weighted by Crippen LogP contribution is -1.93. The first kappa shape index (κ1) is 16.1. The first-order valence-corrected chi connectivity index (χ1v) is 10.2. The number of rotatable bonds is 0. The van der Waals surface area contributed by atoms with Gasteiger partial charge in [-0.3, -0.25) is 0 Å². The summed E-state index contributed by atoms with van der Waals surface area (Å²) >= 11 is 3.93. The minimum atomic E-state index is 1.45. The summed E-state index contributed by atoms with van der Waals surface area (Å²) in [4.78, 5) is 2.91. The van der Waals surface area contributed by atoms with Crippen LogP contribution >= 0.6 is 22.7 Å². The maximum absolute atomic E-state index is 2.33. The molecule has 0 bridgehead atoms. The van der Waals surface area contributed by atoms with Gasteiger partial charge in [0.15, 0.2) is 0 Å². The summed E-state index contributed by atoms with van der Waals surface area (Å²) in [7, 11) is 0. The summed E-state index contributed by atoms with van der Waals surface area (Å²) in [6, 6.07) is 0. The van der Waals surface area contributed by atoms with E-state index >= 15 is 0 Å². The predicted octanol–water partition coefficient (Wildman–Crippen LogP) is 7.74. The number of thiophene rings is 2. The lowest BCUT2D eigenvalue weighted by atomic mass is 9.88. The van der Waals surface area contributed by atoms with E-state index in [0.29, 0.717) is 0 Å². The summed E-state index contributed by atoms with van der Waals surface area (Å²) in [6.45, 7) is 18.4. The molecule has 0 radical (unpaired) electrons. The van der Waals surface area contributed by atoms with Crippen LogP contribution in [0, 0.1) is 55.4 Å². The van der Waals surface area contributed by atoms with Crippen LogP contribution < -0.4 is 0 Å². The van der Waals surface area contributed by atoms with E-state index < -0.39 is 0 Å². The van der Waals surface area contributed by atoms with E-state index in [-0.39, 0.29) is 0 Å². The second-order valence-electron chi connectivity index (χ2n) is 7.22. The van der Waals surface area contributed by atoms with Crippen LogP contribution in [0.3, 0.4) is 0 Å². The molecule has 0 aliphatic heterocycles. The Morgan fingerprint density at radius 2 is 0.708 bits per heavy atom. The van der Waals surface area contributed by atoms with Crippen molar-refractivity contribution >= 4 is 53.6 Å². The van der Waals surface area contributed by atoms with Gasteiger partial charge in [-0.05, 0) is 110 Å². The van der Waals surface area contributed by atoms with Crippen molar-refractivity contribution in [3.8, 4) is 0 Å². The van der Waals surface area contributed by atoms with Crippen molar-refractivity contribution in [1.29, 1.82) is 0 Å². The quantitative estimate of drug-likeness (QED) is 0.303. The van der Waals surface area contributed by atoms with Gasteiger partial charge in [0.1, 0.15) is 0 Å². The predicted molar refractivity (Wildman–Crippen MR) is 113 cm³/mol. The van der Waals surface area contributed by atoms with Crippen molar-refractivity contribution in [3.05, 3.63) is 43.1 Å². The van der Waals surface area contributed by atoms with Crippen LogP contribution in [0.15, 0.2) is 0 Å². The smallest absolute Gasteiger partial charge is 0.0386 e. The van der Waals surface area contributed by atoms with Gasteiger partial charge in [-0.1, -0.05) is 0 Å². The molecule has 2 aromatic heterocycles. The van der Waals surface area contributed by atoms with E-state index in [9.17, 15) is 0 Å². The monoisotopic (exact) mass is 352 g/mol. The van der Waals surface area contributed by atoms with Crippen molar-refractivity contribution < 1.29 is 0 Å². The van der Waals surface area contributed by atoms with Crippen LogP contribution in [0.1, 0.15) is 43.1 Å². The highest BCUT2D eigenvalue weighted by Gasteiger charge is 2.21. The Labute approximate surface area is 152 Å². The van der Waals surface area contributed by atoms with Crippen LogP contribution in [0.25, 0.3) is 30.9 Å². The molecular weight excluding hydrogens is 328 g/mol. The summed E-state index contributed by atoms with van der Waals surface area (Å²) in [5.41, 5.74) is 8.81. The van der Waals surface area contributed by atoms with Crippen molar-refractivity contribution in [2.45, 2.75) is 55.4 Å². The highest BCUT2D eigenvalue weighted by atomic mass is 32.1. The van der Waals surface area contributed by atoms with E-state index in [0.717, 1.165) is 0 Å². The van der Waals surface area contributed by atoms with Crippen molar-refractivity contribution in [1.82, 2.24) is 0 Å². The fourth-order valence-electron chi connectivity index (χ4n) is 4.47. The van der Waals surface area contributed by atoms with E-state index in [1.165, 1.54) is 74.1 Å². The highest BCUT2D eigenvalue weighted by molar-refractivity contribution is 7.20. The molecule has 0 fully saturated rings. The molecule has 0 saturated heterocycles. The van der Waals surface area contributed by atoms with Crippen LogP contribution in [0.5, 0.6) is 0 Å². The molecule has 0 saturated carbocycles. The molecule has 0 nitrogen and oxygen atoms in total. The van der Waals surface area contributed by atoms with Crippen LogP contribution in [0.2, 0.25) is 0 Å².